The van der Waals surface area contributed by atoms with Gasteiger partial charge in [0.1, 0.15) is 5.56 Å². The van der Waals surface area contributed by atoms with Crippen LogP contribution in [0.25, 0.3) is 0 Å². The summed E-state index contributed by atoms with van der Waals surface area (Å²) in [4.78, 5) is 37.5. The number of aromatic nitrogens is 1. The molecule has 106 valence electrons. The second-order valence-electron chi connectivity index (χ2n) is 3.92. The molecule has 0 fully saturated rings. The lowest BCUT2D eigenvalue weighted by Gasteiger charge is -2.07. The molecule has 0 bridgehead atoms. The fourth-order valence-corrected chi connectivity index (χ4v) is 1.57. The molecule has 0 aliphatic carbocycles. The smallest absolute Gasteiger partial charge is 0.267 e. The van der Waals surface area contributed by atoms with E-state index in [0.29, 0.717) is 0 Å². The van der Waals surface area contributed by atoms with Crippen LogP contribution in [0.5, 0.6) is 0 Å². The maximum Gasteiger partial charge on any atom is 0.282 e. The fraction of sp³-hybridized carbons (Fsp3) is 0. The molecule has 1 aromatic heterocycles. The third-order valence-corrected chi connectivity index (χ3v) is 2.56. The van der Waals surface area contributed by atoms with E-state index < -0.39 is 16.7 Å². The summed E-state index contributed by atoms with van der Waals surface area (Å²) in [5, 5.41) is 10.8. The molecule has 2 N–H and O–H groups in total. The molecule has 2 amide bonds. The number of carbonyl (C=O) groups excluding carboxylic acids is 2. The Morgan fingerprint density at radius 3 is 2.43 bits per heavy atom. The Morgan fingerprint density at radius 1 is 1.05 bits per heavy atom. The number of amides is 2. The number of carbonyl (C=O) groups is 2. The van der Waals surface area contributed by atoms with Crippen LogP contribution in [0.2, 0.25) is 0 Å². The van der Waals surface area contributed by atoms with Crippen molar-refractivity contribution in [3.8, 4) is 0 Å². The Bertz CT molecular complexity index is 688. The molecule has 8 heteroatoms. The molecular formula is C13H10N4O4. The number of rotatable bonds is 3. The van der Waals surface area contributed by atoms with Crippen molar-refractivity contribution in [2.75, 3.05) is 0 Å². The zero-order chi connectivity index (χ0) is 15.2. The maximum absolute atomic E-state index is 11.9. The predicted octanol–water partition coefficient (Wildman–Crippen LogP) is 1.06. The number of pyridine rings is 1. The van der Waals surface area contributed by atoms with Crippen molar-refractivity contribution < 1.29 is 14.5 Å². The van der Waals surface area contributed by atoms with Crippen molar-refractivity contribution in [2.24, 2.45) is 0 Å². The van der Waals surface area contributed by atoms with E-state index >= 15 is 0 Å². The molecule has 0 saturated heterocycles. The Balaban J connectivity index is 2.06. The summed E-state index contributed by atoms with van der Waals surface area (Å²) in [6.45, 7) is 0. The summed E-state index contributed by atoms with van der Waals surface area (Å²) in [7, 11) is 0. The van der Waals surface area contributed by atoms with Crippen molar-refractivity contribution in [3.05, 3.63) is 70.0 Å². The molecule has 2 rings (SSSR count). The summed E-state index contributed by atoms with van der Waals surface area (Å²) in [5.41, 5.74) is 4.05. The van der Waals surface area contributed by atoms with Crippen LogP contribution in [0.4, 0.5) is 5.69 Å². The van der Waals surface area contributed by atoms with Crippen molar-refractivity contribution in [1.29, 1.82) is 0 Å². The highest BCUT2D eigenvalue weighted by molar-refractivity contribution is 6.01. The zero-order valence-electron chi connectivity index (χ0n) is 10.6. The van der Waals surface area contributed by atoms with Gasteiger partial charge in [0.15, 0.2) is 0 Å². The highest BCUT2D eigenvalue weighted by atomic mass is 16.6. The second kappa shape index (κ2) is 6.24. The van der Waals surface area contributed by atoms with Crippen molar-refractivity contribution in [3.63, 3.8) is 0 Å². The molecule has 0 unspecified atom stereocenters. The van der Waals surface area contributed by atoms with Gasteiger partial charge in [-0.2, -0.15) is 0 Å². The molecule has 1 heterocycles. The topological polar surface area (TPSA) is 114 Å². The molecule has 1 aromatic carbocycles. The molecule has 0 spiro atoms. The molecular weight excluding hydrogens is 276 g/mol. The lowest BCUT2D eigenvalue weighted by molar-refractivity contribution is -0.385. The number of nitro benzene ring substituents is 1. The zero-order valence-corrected chi connectivity index (χ0v) is 10.6. The molecule has 0 aliphatic heterocycles. The first-order valence-corrected chi connectivity index (χ1v) is 5.83. The highest BCUT2D eigenvalue weighted by Gasteiger charge is 2.19. The van der Waals surface area contributed by atoms with Crippen LogP contribution in [0.3, 0.4) is 0 Å². The van der Waals surface area contributed by atoms with Crippen LogP contribution < -0.4 is 10.9 Å². The first-order chi connectivity index (χ1) is 10.1. The summed E-state index contributed by atoms with van der Waals surface area (Å²) in [6.07, 6.45) is 2.83. The normalized spacial score (nSPS) is 9.71. The fourth-order valence-electron chi connectivity index (χ4n) is 1.57. The summed E-state index contributed by atoms with van der Waals surface area (Å²) >= 11 is 0. The molecule has 21 heavy (non-hydrogen) atoms. The van der Waals surface area contributed by atoms with Crippen LogP contribution in [0, 0.1) is 10.1 Å². The van der Waals surface area contributed by atoms with Gasteiger partial charge in [0, 0.05) is 18.5 Å². The number of hydrogen-bond acceptors (Lipinski definition) is 5. The molecule has 0 radical (unpaired) electrons. The number of nitrogens with zero attached hydrogens (tertiary/aromatic N) is 2. The van der Waals surface area contributed by atoms with E-state index in [1.54, 1.807) is 6.07 Å². The van der Waals surface area contributed by atoms with Gasteiger partial charge in [-0.1, -0.05) is 12.1 Å². The Morgan fingerprint density at radius 2 is 1.76 bits per heavy atom. The maximum atomic E-state index is 11.9. The summed E-state index contributed by atoms with van der Waals surface area (Å²) < 4.78 is 0. The molecule has 0 atom stereocenters. The lowest BCUT2D eigenvalue weighted by atomic mass is 10.2. The van der Waals surface area contributed by atoms with E-state index in [1.165, 1.54) is 42.7 Å². The third-order valence-electron chi connectivity index (χ3n) is 2.56. The minimum atomic E-state index is -0.778. The monoisotopic (exact) mass is 286 g/mol. The van der Waals surface area contributed by atoms with Gasteiger partial charge in [-0.05, 0) is 18.2 Å². The number of nitro groups is 1. The van der Waals surface area contributed by atoms with Crippen molar-refractivity contribution in [1.82, 2.24) is 15.8 Å². The Kier molecular flexibility index (Phi) is 4.20. The van der Waals surface area contributed by atoms with Crippen molar-refractivity contribution in [2.45, 2.75) is 0 Å². The Labute approximate surface area is 118 Å². The van der Waals surface area contributed by atoms with Crippen LogP contribution in [0.1, 0.15) is 20.7 Å². The van der Waals surface area contributed by atoms with Crippen LogP contribution in [-0.2, 0) is 0 Å². The van der Waals surface area contributed by atoms with Gasteiger partial charge < -0.3 is 0 Å². The van der Waals surface area contributed by atoms with Crippen LogP contribution >= 0.6 is 0 Å². The number of hydrazine groups is 1. The predicted molar refractivity (Wildman–Crippen MR) is 72.3 cm³/mol. The molecule has 8 nitrogen and oxygen atoms in total. The summed E-state index contributed by atoms with van der Waals surface area (Å²) in [6, 6.07) is 8.52. The van der Waals surface area contributed by atoms with Gasteiger partial charge in [0.05, 0.1) is 10.5 Å². The molecule has 0 saturated carbocycles. The van der Waals surface area contributed by atoms with E-state index in [0.717, 1.165) is 0 Å². The first kappa shape index (κ1) is 14.1. The van der Waals surface area contributed by atoms with Gasteiger partial charge in [0.25, 0.3) is 17.5 Å². The first-order valence-electron chi connectivity index (χ1n) is 5.83. The molecule has 0 aliphatic rings. The number of hydrogen-bond donors (Lipinski definition) is 2. The van der Waals surface area contributed by atoms with E-state index in [1.807, 2.05) is 0 Å². The third kappa shape index (κ3) is 3.38. The summed E-state index contributed by atoms with van der Waals surface area (Å²) in [5.74, 6) is -1.35. The molecule has 2 aromatic rings. The average Bonchev–Trinajstić information content (AvgIpc) is 2.53. The van der Waals surface area contributed by atoms with Crippen molar-refractivity contribution >= 4 is 17.5 Å². The minimum absolute atomic E-state index is 0.144. The average molecular weight is 286 g/mol. The second-order valence-corrected chi connectivity index (χ2v) is 3.92. The van der Waals surface area contributed by atoms with Crippen LogP contribution in [-0.4, -0.2) is 21.7 Å². The largest absolute Gasteiger partial charge is 0.282 e. The van der Waals surface area contributed by atoms with Gasteiger partial charge >= 0.3 is 0 Å². The van der Waals surface area contributed by atoms with E-state index in [2.05, 4.69) is 15.8 Å². The number of nitrogens with one attached hydrogen (secondary N) is 2. The SMILES string of the molecule is O=C(NNC(=O)c1ccccc1[N+](=O)[O-])c1cccnc1. The van der Waals surface area contributed by atoms with E-state index in [-0.39, 0.29) is 16.8 Å². The number of benzene rings is 1. The van der Waals surface area contributed by atoms with E-state index in [4.69, 9.17) is 0 Å². The van der Waals surface area contributed by atoms with Gasteiger partial charge in [-0.3, -0.25) is 35.5 Å². The van der Waals surface area contributed by atoms with Gasteiger partial charge in [-0.25, -0.2) is 0 Å². The highest BCUT2D eigenvalue weighted by Crippen LogP contribution is 2.16. The standard InChI is InChI=1S/C13H10N4O4/c18-12(9-4-3-7-14-8-9)15-16-13(19)10-5-1-2-6-11(10)17(20)21/h1-8H,(H,15,18)(H,16,19). The van der Waals surface area contributed by atoms with Crippen LogP contribution in [0.15, 0.2) is 48.8 Å². The Hall–Kier alpha value is -3.29. The van der Waals surface area contributed by atoms with E-state index in [9.17, 15) is 19.7 Å². The van der Waals surface area contributed by atoms with Gasteiger partial charge in [-0.15, -0.1) is 0 Å². The quantitative estimate of drug-likeness (QED) is 0.647. The lowest BCUT2D eigenvalue weighted by Crippen LogP contribution is -2.41. The number of para-hydroxylation sites is 1. The van der Waals surface area contributed by atoms with Gasteiger partial charge in [0.2, 0.25) is 0 Å². The minimum Gasteiger partial charge on any atom is -0.267 e.